The predicted molar refractivity (Wildman–Crippen MR) is 107 cm³/mol. The number of carboxylic acid groups (broad SMARTS) is 1. The first-order valence-corrected chi connectivity index (χ1v) is 9.64. The van der Waals surface area contributed by atoms with E-state index in [0.29, 0.717) is 31.5 Å². The Balaban J connectivity index is 0.000000941. The van der Waals surface area contributed by atoms with Gasteiger partial charge in [-0.1, -0.05) is 6.07 Å². The third-order valence-electron chi connectivity index (χ3n) is 5.64. The minimum atomic E-state index is -0.416. The molecule has 0 bridgehead atoms. The molecule has 0 aromatic heterocycles. The number of methoxy groups -OCH3 is 1. The average molecular weight is 406 g/mol. The van der Waals surface area contributed by atoms with Crippen molar-refractivity contribution in [2.45, 2.75) is 32.3 Å². The van der Waals surface area contributed by atoms with E-state index in [4.69, 9.17) is 19.4 Å². The van der Waals surface area contributed by atoms with Crippen LogP contribution in [0.3, 0.4) is 0 Å². The summed E-state index contributed by atoms with van der Waals surface area (Å²) in [7, 11) is 5.57. The molecule has 0 aliphatic carbocycles. The van der Waals surface area contributed by atoms with Crippen LogP contribution in [0.4, 0.5) is 0 Å². The maximum Gasteiger partial charge on any atom is 0.312 e. The van der Waals surface area contributed by atoms with Crippen LogP contribution in [0, 0.1) is 12.3 Å². The van der Waals surface area contributed by atoms with Gasteiger partial charge in [-0.15, -0.1) is 0 Å². The molecule has 8 heteroatoms. The van der Waals surface area contributed by atoms with E-state index >= 15 is 0 Å². The summed E-state index contributed by atoms with van der Waals surface area (Å²) in [5, 5.41) is 6.89. The molecule has 0 saturated carbocycles. The number of carbonyl (C=O) groups is 3. The summed E-state index contributed by atoms with van der Waals surface area (Å²) >= 11 is 0. The maximum absolute atomic E-state index is 12.9. The van der Waals surface area contributed by atoms with Crippen LogP contribution in [0.2, 0.25) is 0 Å². The van der Waals surface area contributed by atoms with Crippen molar-refractivity contribution in [3.63, 3.8) is 0 Å². The molecule has 2 saturated heterocycles. The van der Waals surface area contributed by atoms with Crippen LogP contribution in [0.1, 0.15) is 35.2 Å². The summed E-state index contributed by atoms with van der Waals surface area (Å²) in [6.07, 6.45) is 2.06. The number of hydrogen-bond acceptors (Lipinski definition) is 6. The third-order valence-corrected chi connectivity index (χ3v) is 5.64. The lowest BCUT2D eigenvalue weighted by molar-refractivity contribution is -0.150. The van der Waals surface area contributed by atoms with Crippen molar-refractivity contribution in [1.29, 1.82) is 0 Å². The Labute approximate surface area is 171 Å². The standard InChI is InChI=1S/C20H28N2O4.CH2O2/c1-14-16(6-5-7-17(14)25-4)18(23)22-10-8-20(9-11-22)12-15(13-21(2)3)26-19(20)24;2-1-3/h5-7,15H,8-13H2,1-4H3;1H,(H,2,3). The smallest absolute Gasteiger partial charge is 0.312 e. The summed E-state index contributed by atoms with van der Waals surface area (Å²) in [6, 6.07) is 5.53. The van der Waals surface area contributed by atoms with Gasteiger partial charge in [0.05, 0.1) is 12.5 Å². The zero-order chi connectivity index (χ0) is 21.6. The molecular weight excluding hydrogens is 376 g/mol. The molecule has 2 fully saturated rings. The van der Waals surface area contributed by atoms with Crippen LogP contribution in [0.15, 0.2) is 18.2 Å². The number of hydrogen-bond donors (Lipinski definition) is 1. The van der Waals surface area contributed by atoms with Crippen molar-refractivity contribution >= 4 is 18.3 Å². The van der Waals surface area contributed by atoms with E-state index in [9.17, 15) is 9.59 Å². The second-order valence-corrected chi connectivity index (χ2v) is 7.80. The lowest BCUT2D eigenvalue weighted by atomic mass is 9.76. The molecule has 1 unspecified atom stereocenters. The largest absolute Gasteiger partial charge is 0.496 e. The third kappa shape index (κ3) is 5.06. The Kier molecular flexibility index (Phi) is 7.61. The first-order chi connectivity index (χ1) is 13.8. The lowest BCUT2D eigenvalue weighted by Gasteiger charge is -2.36. The Morgan fingerprint density at radius 3 is 2.55 bits per heavy atom. The van der Waals surface area contributed by atoms with E-state index in [2.05, 4.69) is 0 Å². The number of likely N-dealkylation sites (tertiary alicyclic amines) is 1. The van der Waals surface area contributed by atoms with Gasteiger partial charge in [0.2, 0.25) is 0 Å². The first-order valence-electron chi connectivity index (χ1n) is 9.64. The van der Waals surface area contributed by atoms with Crippen molar-refractivity contribution in [2.75, 3.05) is 40.8 Å². The number of cyclic esters (lactones) is 1. The van der Waals surface area contributed by atoms with E-state index in [1.807, 2.05) is 49.0 Å². The summed E-state index contributed by atoms with van der Waals surface area (Å²) in [6.45, 7) is 3.56. The maximum atomic E-state index is 12.9. The van der Waals surface area contributed by atoms with Gasteiger partial charge in [-0.25, -0.2) is 0 Å². The van der Waals surface area contributed by atoms with E-state index < -0.39 is 5.41 Å². The average Bonchev–Trinajstić information content (AvgIpc) is 2.96. The molecule has 0 radical (unpaired) electrons. The van der Waals surface area contributed by atoms with E-state index in [1.165, 1.54) is 0 Å². The minimum Gasteiger partial charge on any atom is -0.496 e. The van der Waals surface area contributed by atoms with Gasteiger partial charge in [-0.2, -0.15) is 0 Å². The zero-order valence-electron chi connectivity index (χ0n) is 17.5. The van der Waals surface area contributed by atoms with Crippen molar-refractivity contribution < 1.29 is 29.0 Å². The number of benzene rings is 1. The Morgan fingerprint density at radius 2 is 2.00 bits per heavy atom. The molecule has 1 N–H and O–H groups in total. The highest BCUT2D eigenvalue weighted by Gasteiger charge is 2.50. The van der Waals surface area contributed by atoms with Gasteiger partial charge in [0.1, 0.15) is 11.9 Å². The van der Waals surface area contributed by atoms with Gasteiger partial charge >= 0.3 is 5.97 Å². The fourth-order valence-electron chi connectivity index (χ4n) is 4.13. The van der Waals surface area contributed by atoms with Crippen molar-refractivity contribution in [3.05, 3.63) is 29.3 Å². The monoisotopic (exact) mass is 406 g/mol. The van der Waals surface area contributed by atoms with E-state index in [-0.39, 0.29) is 24.5 Å². The normalized spacial score (nSPS) is 20.1. The van der Waals surface area contributed by atoms with Gasteiger partial charge in [-0.3, -0.25) is 14.4 Å². The molecule has 160 valence electrons. The highest BCUT2D eigenvalue weighted by molar-refractivity contribution is 5.96. The minimum absolute atomic E-state index is 0.00690. The summed E-state index contributed by atoms with van der Waals surface area (Å²) in [5.74, 6) is 0.636. The lowest BCUT2D eigenvalue weighted by Crippen LogP contribution is -2.45. The molecule has 2 aliphatic heterocycles. The van der Waals surface area contributed by atoms with Gasteiger partial charge in [0, 0.05) is 37.2 Å². The second kappa shape index (κ2) is 9.73. The topological polar surface area (TPSA) is 96.4 Å². The predicted octanol–water partition coefficient (Wildman–Crippen LogP) is 1.80. The number of piperidine rings is 1. The number of rotatable bonds is 4. The zero-order valence-corrected chi connectivity index (χ0v) is 17.5. The van der Waals surface area contributed by atoms with Crippen molar-refractivity contribution in [2.24, 2.45) is 5.41 Å². The second-order valence-electron chi connectivity index (χ2n) is 7.80. The Morgan fingerprint density at radius 1 is 1.38 bits per heavy atom. The van der Waals surface area contributed by atoms with E-state index in [0.717, 1.165) is 24.3 Å². The van der Waals surface area contributed by atoms with Gasteiger partial charge in [0.15, 0.2) is 0 Å². The number of likely N-dealkylation sites (N-methyl/N-ethyl adjacent to an activating group) is 1. The molecule has 2 aliphatic rings. The number of nitrogens with zero attached hydrogens (tertiary/aromatic N) is 2. The van der Waals surface area contributed by atoms with Crippen LogP contribution in [0.5, 0.6) is 5.75 Å². The van der Waals surface area contributed by atoms with Crippen molar-refractivity contribution in [1.82, 2.24) is 9.80 Å². The molecule has 1 aromatic carbocycles. The number of esters is 1. The number of ether oxygens (including phenoxy) is 2. The molecule has 8 nitrogen and oxygen atoms in total. The summed E-state index contributed by atoms with van der Waals surface area (Å²) in [5.41, 5.74) is 1.10. The molecule has 1 amide bonds. The summed E-state index contributed by atoms with van der Waals surface area (Å²) in [4.78, 5) is 37.6. The molecule has 1 atom stereocenters. The number of carbonyl (C=O) groups excluding carboxylic acids is 2. The molecule has 29 heavy (non-hydrogen) atoms. The fourth-order valence-corrected chi connectivity index (χ4v) is 4.13. The van der Waals surface area contributed by atoms with Gasteiger partial charge in [0.25, 0.3) is 12.4 Å². The molecular formula is C21H30N2O6. The summed E-state index contributed by atoms with van der Waals surface area (Å²) < 4.78 is 10.9. The molecule has 1 aromatic rings. The van der Waals surface area contributed by atoms with Crippen LogP contribution in [-0.2, 0) is 14.3 Å². The quantitative estimate of drug-likeness (QED) is 0.602. The molecule has 3 rings (SSSR count). The molecule has 1 spiro atoms. The highest BCUT2D eigenvalue weighted by atomic mass is 16.6. The Bertz CT molecular complexity index is 741. The first kappa shape index (κ1) is 22.7. The van der Waals surface area contributed by atoms with Crippen LogP contribution < -0.4 is 4.74 Å². The van der Waals surface area contributed by atoms with E-state index in [1.54, 1.807) is 7.11 Å². The fraction of sp³-hybridized carbons (Fsp3) is 0.571. The van der Waals surface area contributed by atoms with Gasteiger partial charge < -0.3 is 24.4 Å². The number of amides is 1. The SMILES string of the molecule is COc1cccc(C(=O)N2CCC3(CC2)CC(CN(C)C)OC3=O)c1C.O=CO. The van der Waals surface area contributed by atoms with Crippen molar-refractivity contribution in [3.8, 4) is 5.75 Å². The Hall–Kier alpha value is -2.61. The van der Waals surface area contributed by atoms with Gasteiger partial charge in [-0.05, 0) is 46.0 Å². The van der Waals surface area contributed by atoms with Crippen LogP contribution in [0.25, 0.3) is 0 Å². The van der Waals surface area contributed by atoms with Crippen LogP contribution in [-0.4, -0.2) is 80.2 Å². The highest BCUT2D eigenvalue weighted by Crippen LogP contribution is 2.43. The van der Waals surface area contributed by atoms with Crippen LogP contribution >= 0.6 is 0 Å². The molecule has 2 heterocycles.